The van der Waals surface area contributed by atoms with Crippen LogP contribution in [0.4, 0.5) is 0 Å². The van der Waals surface area contributed by atoms with Crippen LogP contribution in [0, 0.1) is 0 Å². The van der Waals surface area contributed by atoms with Gasteiger partial charge in [-0.25, -0.2) is 13.6 Å². The number of primary sulfonamides is 1. The molecule has 2 unspecified atom stereocenters. The molecular weight excluding hydrogens is 402 g/mol. The molecule has 0 radical (unpaired) electrons. The number of fused-ring (bicyclic) bond motifs is 1. The van der Waals surface area contributed by atoms with E-state index in [1.54, 1.807) is 29.0 Å². The lowest BCUT2D eigenvalue weighted by molar-refractivity contribution is -0.137. The zero-order chi connectivity index (χ0) is 22.1. The second-order valence-corrected chi connectivity index (χ2v) is 9.24. The molecule has 0 saturated heterocycles. The molecule has 160 valence electrons. The number of nitrogens with two attached hydrogens (primary N) is 1. The number of carbonyl (C=O) groups excluding carboxylic acids is 2. The van der Waals surface area contributed by atoms with Crippen LogP contribution in [0.1, 0.15) is 49.0 Å². The van der Waals surface area contributed by atoms with Gasteiger partial charge in [-0.15, -0.1) is 0 Å². The smallest absolute Gasteiger partial charge is 0.238 e. The minimum Gasteiger partial charge on any atom is -0.339 e. The summed E-state index contributed by atoms with van der Waals surface area (Å²) >= 11 is 0. The molecule has 7 nitrogen and oxygen atoms in total. The number of hydrogen-bond donors (Lipinski definition) is 1. The summed E-state index contributed by atoms with van der Waals surface area (Å²) in [7, 11) is -2.05. The van der Waals surface area contributed by atoms with Gasteiger partial charge in [-0.3, -0.25) is 9.59 Å². The molecule has 0 aromatic heterocycles. The van der Waals surface area contributed by atoms with Crippen molar-refractivity contribution in [1.82, 2.24) is 9.80 Å². The predicted molar refractivity (Wildman–Crippen MR) is 114 cm³/mol. The lowest BCUT2D eigenvalue weighted by Crippen LogP contribution is -2.41. The molecular formula is C22H27N3O4S. The molecule has 8 heteroatoms. The Morgan fingerprint density at radius 1 is 1.17 bits per heavy atom. The first-order chi connectivity index (χ1) is 14.1. The van der Waals surface area contributed by atoms with Crippen LogP contribution in [0.3, 0.4) is 0 Å². The van der Waals surface area contributed by atoms with Gasteiger partial charge in [-0.05, 0) is 42.2 Å². The van der Waals surface area contributed by atoms with Crippen molar-refractivity contribution < 1.29 is 18.0 Å². The predicted octanol–water partition coefficient (Wildman–Crippen LogP) is 2.39. The van der Waals surface area contributed by atoms with E-state index < -0.39 is 10.0 Å². The quantitative estimate of drug-likeness (QED) is 0.788. The first-order valence-electron chi connectivity index (χ1n) is 9.83. The summed E-state index contributed by atoms with van der Waals surface area (Å²) in [5, 5.41) is 5.15. The number of amides is 2. The van der Waals surface area contributed by atoms with Crippen LogP contribution in [0.5, 0.6) is 0 Å². The molecule has 2 atom stereocenters. The van der Waals surface area contributed by atoms with E-state index in [4.69, 9.17) is 5.14 Å². The monoisotopic (exact) mass is 429 g/mol. The highest BCUT2D eigenvalue weighted by Gasteiger charge is 2.32. The summed E-state index contributed by atoms with van der Waals surface area (Å²) in [5.41, 5.74) is 2.98. The molecule has 1 aliphatic heterocycles. The number of carbonyl (C=O) groups is 2. The molecule has 0 saturated carbocycles. The van der Waals surface area contributed by atoms with Crippen molar-refractivity contribution in [2.24, 2.45) is 5.14 Å². The standard InChI is InChI=1S/C22H27N3O4S/c1-15(17-8-10-19(11-9-17)30(23,28)29)24(3)22(27)14-21-20-7-5-4-6-18(20)12-13-25(21)16(2)26/h4-11,15,21H,12-14H2,1-3H3,(H2,23,28,29). The Labute approximate surface area is 177 Å². The van der Waals surface area contributed by atoms with Crippen molar-refractivity contribution in [1.29, 1.82) is 0 Å². The third-order valence-electron chi connectivity index (χ3n) is 5.85. The Kier molecular flexibility index (Phi) is 6.28. The van der Waals surface area contributed by atoms with Gasteiger partial charge in [0.15, 0.2) is 0 Å². The van der Waals surface area contributed by atoms with Gasteiger partial charge in [-0.2, -0.15) is 0 Å². The number of nitrogens with zero attached hydrogens (tertiary/aromatic N) is 2. The van der Waals surface area contributed by atoms with Crippen LogP contribution in [-0.4, -0.2) is 43.6 Å². The second-order valence-electron chi connectivity index (χ2n) is 7.68. The Balaban J connectivity index is 1.79. The van der Waals surface area contributed by atoms with Crippen molar-refractivity contribution in [2.75, 3.05) is 13.6 Å². The van der Waals surface area contributed by atoms with E-state index >= 15 is 0 Å². The van der Waals surface area contributed by atoms with Crippen LogP contribution in [-0.2, 0) is 26.0 Å². The number of benzene rings is 2. The van der Waals surface area contributed by atoms with Crippen molar-refractivity contribution in [3.05, 3.63) is 65.2 Å². The highest BCUT2D eigenvalue weighted by molar-refractivity contribution is 7.89. The third-order valence-corrected chi connectivity index (χ3v) is 6.78. The van der Waals surface area contributed by atoms with Gasteiger partial charge in [0.05, 0.1) is 23.4 Å². The Hall–Kier alpha value is -2.71. The van der Waals surface area contributed by atoms with Crippen LogP contribution in [0.15, 0.2) is 53.4 Å². The van der Waals surface area contributed by atoms with Gasteiger partial charge in [0.25, 0.3) is 0 Å². The van der Waals surface area contributed by atoms with Gasteiger partial charge in [-0.1, -0.05) is 36.4 Å². The van der Waals surface area contributed by atoms with Crippen molar-refractivity contribution in [3.63, 3.8) is 0 Å². The zero-order valence-electron chi connectivity index (χ0n) is 17.4. The molecule has 0 bridgehead atoms. The number of hydrogen-bond acceptors (Lipinski definition) is 4. The average molecular weight is 430 g/mol. The fourth-order valence-corrected chi connectivity index (χ4v) is 4.45. The molecule has 3 rings (SSSR count). The molecule has 0 spiro atoms. The van der Waals surface area contributed by atoms with Crippen molar-refractivity contribution in [3.8, 4) is 0 Å². The van der Waals surface area contributed by atoms with E-state index in [1.165, 1.54) is 24.6 Å². The summed E-state index contributed by atoms with van der Waals surface area (Å²) in [5.74, 6) is -0.137. The molecule has 1 heterocycles. The zero-order valence-corrected chi connectivity index (χ0v) is 18.2. The van der Waals surface area contributed by atoms with E-state index in [1.807, 2.05) is 31.2 Å². The molecule has 30 heavy (non-hydrogen) atoms. The summed E-state index contributed by atoms with van der Waals surface area (Å²) in [6, 6.07) is 13.6. The summed E-state index contributed by atoms with van der Waals surface area (Å²) in [6.07, 6.45) is 0.968. The Bertz CT molecular complexity index is 1050. The highest BCUT2D eigenvalue weighted by Crippen LogP contribution is 2.33. The minimum atomic E-state index is -3.76. The van der Waals surface area contributed by atoms with Crippen LogP contribution in [0.25, 0.3) is 0 Å². The Morgan fingerprint density at radius 3 is 2.40 bits per heavy atom. The van der Waals surface area contributed by atoms with Gasteiger partial charge in [0, 0.05) is 20.5 Å². The maximum atomic E-state index is 13.1. The maximum Gasteiger partial charge on any atom is 0.238 e. The Morgan fingerprint density at radius 2 is 1.80 bits per heavy atom. The normalized spacial score (nSPS) is 17.2. The van der Waals surface area contributed by atoms with Gasteiger partial charge in [0.2, 0.25) is 21.8 Å². The summed E-state index contributed by atoms with van der Waals surface area (Å²) in [6.45, 7) is 4.00. The highest BCUT2D eigenvalue weighted by atomic mass is 32.2. The van der Waals surface area contributed by atoms with E-state index in [2.05, 4.69) is 0 Å². The molecule has 2 N–H and O–H groups in total. The lowest BCUT2D eigenvalue weighted by Gasteiger charge is -2.38. The lowest BCUT2D eigenvalue weighted by atomic mass is 9.90. The van der Waals surface area contributed by atoms with Crippen molar-refractivity contribution >= 4 is 21.8 Å². The molecule has 2 aromatic rings. The molecule has 0 aliphatic carbocycles. The fourth-order valence-electron chi connectivity index (χ4n) is 3.93. The van der Waals surface area contributed by atoms with Gasteiger partial charge in [0.1, 0.15) is 0 Å². The first kappa shape index (κ1) is 22.0. The molecule has 2 aromatic carbocycles. The molecule has 0 fully saturated rings. The molecule has 2 amide bonds. The van der Waals surface area contributed by atoms with E-state index in [0.717, 1.165) is 17.5 Å². The maximum absolute atomic E-state index is 13.1. The van der Waals surface area contributed by atoms with Gasteiger partial charge >= 0.3 is 0 Å². The largest absolute Gasteiger partial charge is 0.339 e. The van der Waals surface area contributed by atoms with Crippen LogP contribution >= 0.6 is 0 Å². The second kappa shape index (κ2) is 8.57. The first-order valence-corrected chi connectivity index (χ1v) is 11.4. The average Bonchev–Trinajstić information content (AvgIpc) is 2.72. The van der Waals surface area contributed by atoms with E-state index in [-0.39, 0.29) is 35.2 Å². The minimum absolute atomic E-state index is 0.0309. The fraction of sp³-hybridized carbons (Fsp3) is 0.364. The summed E-state index contributed by atoms with van der Waals surface area (Å²) in [4.78, 5) is 28.7. The molecule has 1 aliphatic rings. The van der Waals surface area contributed by atoms with Crippen LogP contribution in [0.2, 0.25) is 0 Å². The number of rotatable bonds is 5. The topological polar surface area (TPSA) is 101 Å². The van der Waals surface area contributed by atoms with E-state index in [9.17, 15) is 18.0 Å². The van der Waals surface area contributed by atoms with Gasteiger partial charge < -0.3 is 9.80 Å². The SMILES string of the molecule is CC(=O)N1CCc2ccccc2C1CC(=O)N(C)C(C)c1ccc(S(N)(=O)=O)cc1. The van der Waals surface area contributed by atoms with Crippen LogP contribution < -0.4 is 5.14 Å². The van der Waals surface area contributed by atoms with E-state index in [0.29, 0.717) is 6.54 Å². The number of sulfonamides is 1. The van der Waals surface area contributed by atoms with Crippen molar-refractivity contribution in [2.45, 2.75) is 43.7 Å². The summed E-state index contributed by atoms with van der Waals surface area (Å²) < 4.78 is 22.9. The third kappa shape index (κ3) is 4.55.